The van der Waals surface area contributed by atoms with Crippen molar-refractivity contribution in [2.24, 2.45) is 0 Å². The lowest BCUT2D eigenvalue weighted by Crippen LogP contribution is -2.30. The van der Waals surface area contributed by atoms with Gasteiger partial charge in [0.05, 0.1) is 18.1 Å². The van der Waals surface area contributed by atoms with E-state index in [1.54, 1.807) is 0 Å². The van der Waals surface area contributed by atoms with Crippen LogP contribution in [0.15, 0.2) is 24.8 Å². The SMILES string of the molecule is C=CCN(CC(=O)O)c1cc(OC)c(F)cc1[N+](=O)[O-]. The summed E-state index contributed by atoms with van der Waals surface area (Å²) < 4.78 is 18.3. The van der Waals surface area contributed by atoms with E-state index >= 15 is 0 Å². The highest BCUT2D eigenvalue weighted by molar-refractivity contribution is 5.77. The Morgan fingerprint density at radius 2 is 2.30 bits per heavy atom. The first-order valence-electron chi connectivity index (χ1n) is 5.50. The minimum atomic E-state index is -1.18. The number of hydrogen-bond acceptors (Lipinski definition) is 5. The summed E-state index contributed by atoms with van der Waals surface area (Å²) in [6.07, 6.45) is 1.39. The fraction of sp³-hybridized carbons (Fsp3) is 0.250. The molecule has 0 saturated carbocycles. The Morgan fingerprint density at radius 3 is 2.75 bits per heavy atom. The topological polar surface area (TPSA) is 92.9 Å². The van der Waals surface area contributed by atoms with Crippen LogP contribution in [0.25, 0.3) is 0 Å². The zero-order valence-electron chi connectivity index (χ0n) is 10.7. The molecule has 7 nitrogen and oxygen atoms in total. The van der Waals surface area contributed by atoms with E-state index < -0.39 is 28.9 Å². The second-order valence-corrected chi connectivity index (χ2v) is 3.80. The molecule has 0 spiro atoms. The zero-order chi connectivity index (χ0) is 15.3. The van der Waals surface area contributed by atoms with Crippen LogP contribution in [-0.4, -0.2) is 36.2 Å². The number of carboxylic acids is 1. The molecule has 20 heavy (non-hydrogen) atoms. The smallest absolute Gasteiger partial charge is 0.323 e. The molecule has 0 aromatic heterocycles. The van der Waals surface area contributed by atoms with Crippen molar-refractivity contribution in [3.63, 3.8) is 0 Å². The number of hydrogen-bond donors (Lipinski definition) is 1. The number of nitro groups is 1. The van der Waals surface area contributed by atoms with Gasteiger partial charge >= 0.3 is 5.97 Å². The van der Waals surface area contributed by atoms with E-state index in [-0.39, 0.29) is 18.0 Å². The Hall–Kier alpha value is -2.64. The molecule has 0 fully saturated rings. The maximum Gasteiger partial charge on any atom is 0.323 e. The molecule has 0 aliphatic heterocycles. The highest BCUT2D eigenvalue weighted by atomic mass is 19.1. The highest BCUT2D eigenvalue weighted by Crippen LogP contribution is 2.34. The van der Waals surface area contributed by atoms with Gasteiger partial charge in [0.25, 0.3) is 5.69 Å². The van der Waals surface area contributed by atoms with Crippen molar-refractivity contribution in [1.82, 2.24) is 0 Å². The number of nitrogens with zero attached hydrogens (tertiary/aromatic N) is 2. The van der Waals surface area contributed by atoms with Gasteiger partial charge in [0.1, 0.15) is 12.2 Å². The number of halogens is 1. The highest BCUT2D eigenvalue weighted by Gasteiger charge is 2.24. The van der Waals surface area contributed by atoms with Crippen LogP contribution in [0.1, 0.15) is 0 Å². The van der Waals surface area contributed by atoms with Gasteiger partial charge in [-0.1, -0.05) is 6.08 Å². The van der Waals surface area contributed by atoms with Crippen molar-refractivity contribution >= 4 is 17.3 Å². The first-order chi connectivity index (χ1) is 9.40. The normalized spacial score (nSPS) is 9.90. The quantitative estimate of drug-likeness (QED) is 0.466. The third-order valence-corrected chi connectivity index (χ3v) is 2.46. The molecule has 1 aromatic carbocycles. The number of benzene rings is 1. The van der Waals surface area contributed by atoms with Crippen LogP contribution in [0.2, 0.25) is 0 Å². The van der Waals surface area contributed by atoms with E-state index in [2.05, 4.69) is 6.58 Å². The number of aliphatic carboxylic acids is 1. The van der Waals surface area contributed by atoms with E-state index in [4.69, 9.17) is 9.84 Å². The second-order valence-electron chi connectivity index (χ2n) is 3.80. The fourth-order valence-electron chi connectivity index (χ4n) is 1.66. The Balaban J connectivity index is 3.39. The van der Waals surface area contributed by atoms with Crippen LogP contribution in [0.5, 0.6) is 5.75 Å². The summed E-state index contributed by atoms with van der Waals surface area (Å²) in [5.74, 6) is -2.27. The van der Waals surface area contributed by atoms with Gasteiger partial charge in [-0.3, -0.25) is 14.9 Å². The summed E-state index contributed by atoms with van der Waals surface area (Å²) in [6, 6.07) is 1.80. The number of rotatable bonds is 7. The molecule has 0 heterocycles. The first kappa shape index (κ1) is 15.4. The van der Waals surface area contributed by atoms with E-state index in [0.29, 0.717) is 6.07 Å². The minimum absolute atomic E-state index is 0.0458. The summed E-state index contributed by atoms with van der Waals surface area (Å²) in [5.41, 5.74) is -0.582. The van der Waals surface area contributed by atoms with Gasteiger partial charge in [-0.05, 0) is 0 Å². The number of methoxy groups -OCH3 is 1. The van der Waals surface area contributed by atoms with E-state index in [9.17, 15) is 19.3 Å². The summed E-state index contributed by atoms with van der Waals surface area (Å²) >= 11 is 0. The maximum atomic E-state index is 13.5. The van der Waals surface area contributed by atoms with Crippen molar-refractivity contribution in [3.05, 3.63) is 40.7 Å². The summed E-state index contributed by atoms with van der Waals surface area (Å²) in [5, 5.41) is 19.8. The third-order valence-electron chi connectivity index (χ3n) is 2.46. The third kappa shape index (κ3) is 3.44. The molecule has 0 unspecified atom stereocenters. The Kier molecular flexibility index (Phi) is 5.01. The molecule has 8 heteroatoms. The van der Waals surface area contributed by atoms with Crippen molar-refractivity contribution in [3.8, 4) is 5.75 Å². The van der Waals surface area contributed by atoms with Gasteiger partial charge < -0.3 is 14.7 Å². The minimum Gasteiger partial charge on any atom is -0.494 e. The van der Waals surface area contributed by atoms with Gasteiger partial charge in [-0.15, -0.1) is 6.58 Å². The van der Waals surface area contributed by atoms with Crippen molar-refractivity contribution in [2.75, 3.05) is 25.1 Å². The monoisotopic (exact) mass is 284 g/mol. The Labute approximate surface area is 114 Å². The average molecular weight is 284 g/mol. The molecule has 1 aromatic rings. The first-order valence-corrected chi connectivity index (χ1v) is 5.50. The lowest BCUT2D eigenvalue weighted by molar-refractivity contribution is -0.384. The number of nitro benzene ring substituents is 1. The van der Waals surface area contributed by atoms with Crippen LogP contribution in [0.3, 0.4) is 0 Å². The number of anilines is 1. The molecular formula is C12H13FN2O5. The van der Waals surface area contributed by atoms with Crippen molar-refractivity contribution < 1.29 is 24.0 Å². The molecule has 1 N–H and O–H groups in total. The van der Waals surface area contributed by atoms with E-state index in [1.165, 1.54) is 18.1 Å². The predicted molar refractivity (Wildman–Crippen MR) is 69.7 cm³/mol. The van der Waals surface area contributed by atoms with Gasteiger partial charge in [-0.2, -0.15) is 0 Å². The van der Waals surface area contributed by atoms with E-state index in [0.717, 1.165) is 6.07 Å². The molecule has 0 amide bonds. The van der Waals surface area contributed by atoms with Crippen LogP contribution < -0.4 is 9.64 Å². The largest absolute Gasteiger partial charge is 0.494 e. The van der Waals surface area contributed by atoms with Crippen LogP contribution >= 0.6 is 0 Å². The Morgan fingerprint density at radius 1 is 1.65 bits per heavy atom. The number of ether oxygens (including phenoxy) is 1. The number of carbonyl (C=O) groups is 1. The lowest BCUT2D eigenvalue weighted by atomic mass is 10.2. The summed E-state index contributed by atoms with van der Waals surface area (Å²) in [7, 11) is 1.21. The summed E-state index contributed by atoms with van der Waals surface area (Å²) in [4.78, 5) is 22.2. The van der Waals surface area contributed by atoms with Crippen LogP contribution in [0.4, 0.5) is 15.8 Å². The average Bonchev–Trinajstić information content (AvgIpc) is 2.37. The molecule has 0 radical (unpaired) electrons. The zero-order valence-corrected chi connectivity index (χ0v) is 10.7. The molecule has 1 rings (SSSR count). The molecule has 108 valence electrons. The second kappa shape index (κ2) is 6.50. The van der Waals surface area contributed by atoms with Crippen molar-refractivity contribution in [2.45, 2.75) is 0 Å². The lowest BCUT2D eigenvalue weighted by Gasteiger charge is -2.21. The van der Waals surface area contributed by atoms with Gasteiger partial charge in [-0.25, -0.2) is 4.39 Å². The summed E-state index contributed by atoms with van der Waals surface area (Å²) in [6.45, 7) is 3.03. The van der Waals surface area contributed by atoms with Gasteiger partial charge in [0.2, 0.25) is 0 Å². The van der Waals surface area contributed by atoms with Gasteiger partial charge in [0.15, 0.2) is 11.6 Å². The fourth-order valence-corrected chi connectivity index (χ4v) is 1.66. The van der Waals surface area contributed by atoms with Crippen LogP contribution in [-0.2, 0) is 4.79 Å². The Bertz CT molecular complexity index is 547. The molecule has 0 atom stereocenters. The van der Waals surface area contributed by atoms with Crippen LogP contribution in [0, 0.1) is 15.9 Å². The van der Waals surface area contributed by atoms with E-state index in [1.807, 2.05) is 0 Å². The van der Waals surface area contributed by atoms with Gasteiger partial charge in [0, 0.05) is 12.6 Å². The van der Waals surface area contributed by atoms with Crippen molar-refractivity contribution in [1.29, 1.82) is 0 Å². The standard InChI is InChI=1S/C12H13FN2O5/c1-3-4-14(7-12(16)17)9-6-11(20-2)8(13)5-10(9)15(18)19/h3,5-6H,1,4,7H2,2H3,(H,16,17). The molecule has 0 saturated heterocycles. The molecule has 0 bridgehead atoms. The maximum absolute atomic E-state index is 13.5. The molecular weight excluding hydrogens is 271 g/mol. The number of carboxylic acid groups (broad SMARTS) is 1. The predicted octanol–water partition coefficient (Wildman–Crippen LogP) is 1.82. The molecule has 0 aliphatic rings. The molecule has 0 aliphatic carbocycles.